The highest BCUT2D eigenvalue weighted by molar-refractivity contribution is 8.26. The Balaban J connectivity index is 1.65. The van der Waals surface area contributed by atoms with Gasteiger partial charge in [0.05, 0.1) is 15.5 Å². The van der Waals surface area contributed by atoms with Crippen molar-refractivity contribution in [1.29, 1.82) is 5.41 Å². The predicted octanol–water partition coefficient (Wildman–Crippen LogP) is 4.54. The monoisotopic (exact) mass is 429 g/mol. The molecule has 2 aliphatic rings. The molecule has 1 amide bonds. The lowest BCUT2D eigenvalue weighted by Gasteiger charge is -2.19. The Morgan fingerprint density at radius 2 is 2.17 bits per heavy atom. The Morgan fingerprint density at radius 3 is 2.86 bits per heavy atom. The number of nitro groups is 1. The van der Waals surface area contributed by atoms with E-state index < -0.39 is 10.8 Å². The summed E-state index contributed by atoms with van der Waals surface area (Å²) in [5.74, 6) is 0.0568. The molecular weight excluding hydrogens is 418 g/mol. The van der Waals surface area contributed by atoms with Crippen molar-refractivity contribution in [3.05, 3.63) is 56.8 Å². The van der Waals surface area contributed by atoms with Crippen molar-refractivity contribution in [1.82, 2.24) is 5.01 Å². The van der Waals surface area contributed by atoms with Gasteiger partial charge in [-0.25, -0.2) is 0 Å². The number of rotatable bonds is 4. The van der Waals surface area contributed by atoms with E-state index in [2.05, 4.69) is 10.1 Å². The number of nitrogens with zero attached hydrogens (tertiary/aromatic N) is 4. The molecule has 0 spiro atoms. The van der Waals surface area contributed by atoms with E-state index in [1.165, 1.54) is 41.0 Å². The van der Waals surface area contributed by atoms with E-state index in [4.69, 9.17) is 21.4 Å². The number of aliphatic imine (C=N–C) groups is 1. The summed E-state index contributed by atoms with van der Waals surface area (Å²) in [7, 11) is 0. The van der Waals surface area contributed by atoms with Gasteiger partial charge in [-0.3, -0.25) is 20.3 Å². The number of benzene rings is 1. The number of fused-ring (bicyclic) bond motifs is 1. The number of carbonyl (C=O) groups excluding carboxylic acids is 1. The molecule has 0 saturated carbocycles. The number of nitrogens with one attached hydrogen (secondary N) is 1. The van der Waals surface area contributed by atoms with Gasteiger partial charge in [-0.2, -0.15) is 15.1 Å². The molecule has 2 aliphatic heterocycles. The molecule has 3 heterocycles. The fraction of sp³-hybridized carbons (Fsp3) is 0.111. The molecule has 1 aromatic heterocycles. The lowest BCUT2D eigenvalue weighted by molar-refractivity contribution is -0.384. The van der Waals surface area contributed by atoms with E-state index in [1.54, 1.807) is 12.1 Å². The molecule has 2 aromatic rings. The maximum atomic E-state index is 12.4. The Morgan fingerprint density at radius 1 is 1.38 bits per heavy atom. The third-order valence-electron chi connectivity index (χ3n) is 4.14. The van der Waals surface area contributed by atoms with Crippen molar-refractivity contribution in [3.8, 4) is 11.3 Å². The molecule has 1 aromatic carbocycles. The number of nitro benzene ring substituents is 1. The zero-order chi connectivity index (χ0) is 20.7. The number of carbonyl (C=O) groups is 1. The van der Waals surface area contributed by atoms with Crippen LogP contribution in [-0.4, -0.2) is 31.9 Å². The van der Waals surface area contributed by atoms with Crippen LogP contribution in [0.4, 0.5) is 5.69 Å². The largest absolute Gasteiger partial charge is 0.457 e. The summed E-state index contributed by atoms with van der Waals surface area (Å²) in [4.78, 5) is 26.7. The molecule has 4 rings (SSSR count). The summed E-state index contributed by atoms with van der Waals surface area (Å²) in [5.41, 5.74) is 0.393. The van der Waals surface area contributed by atoms with Crippen molar-refractivity contribution >= 4 is 57.1 Å². The second-order valence-corrected chi connectivity index (χ2v) is 7.44. The SMILES string of the molecule is CCC1=NN2C(=N)/C(=C/c3ccc(-c4ccc([N+](=O)[O-])cc4Cl)o3)C(=O)N=C2S1. The van der Waals surface area contributed by atoms with E-state index in [9.17, 15) is 14.9 Å². The van der Waals surface area contributed by atoms with Gasteiger partial charge in [0.25, 0.3) is 11.6 Å². The van der Waals surface area contributed by atoms with Crippen molar-refractivity contribution < 1.29 is 14.1 Å². The summed E-state index contributed by atoms with van der Waals surface area (Å²) >= 11 is 7.40. The van der Waals surface area contributed by atoms with E-state index in [0.29, 0.717) is 28.7 Å². The molecule has 9 nitrogen and oxygen atoms in total. The minimum absolute atomic E-state index is 0.0474. The smallest absolute Gasteiger partial charge is 0.283 e. The number of thioether (sulfide) groups is 1. The maximum absolute atomic E-state index is 12.4. The van der Waals surface area contributed by atoms with Gasteiger partial charge < -0.3 is 4.42 Å². The standard InChI is InChI=1S/C18H12ClN5O4S/c1-2-15-22-23-16(20)12(17(25)21-18(23)29-15)8-10-4-6-14(28-10)11-5-3-9(24(26)27)7-13(11)19/h3-8,20H,2H2,1H3/b12-8-,20-16?. The number of amidine groups is 2. The van der Waals surface area contributed by atoms with Gasteiger partial charge in [0.1, 0.15) is 16.6 Å². The number of amides is 1. The second-order valence-electron chi connectivity index (χ2n) is 5.99. The average Bonchev–Trinajstić information content (AvgIpc) is 3.31. The molecule has 0 atom stereocenters. The third-order valence-corrected chi connectivity index (χ3v) is 5.51. The highest BCUT2D eigenvalue weighted by Gasteiger charge is 2.35. The molecule has 11 heteroatoms. The zero-order valence-corrected chi connectivity index (χ0v) is 16.5. The van der Waals surface area contributed by atoms with Crippen LogP contribution in [0.15, 0.2) is 50.4 Å². The van der Waals surface area contributed by atoms with Crippen LogP contribution in [-0.2, 0) is 4.79 Å². The van der Waals surface area contributed by atoms with Crippen LogP contribution in [0.25, 0.3) is 17.4 Å². The maximum Gasteiger partial charge on any atom is 0.283 e. The van der Waals surface area contributed by atoms with E-state index in [0.717, 1.165) is 5.04 Å². The topological polar surface area (TPSA) is 125 Å². The van der Waals surface area contributed by atoms with Crippen molar-refractivity contribution in [2.45, 2.75) is 13.3 Å². The van der Waals surface area contributed by atoms with Gasteiger partial charge in [0, 0.05) is 17.7 Å². The number of furan rings is 1. The first kappa shape index (κ1) is 19.1. The summed E-state index contributed by atoms with van der Waals surface area (Å²) in [6.45, 7) is 1.93. The van der Waals surface area contributed by atoms with Gasteiger partial charge >= 0.3 is 0 Å². The second kappa shape index (κ2) is 7.30. The summed E-state index contributed by atoms with van der Waals surface area (Å²) < 4.78 is 5.72. The van der Waals surface area contributed by atoms with Crippen LogP contribution >= 0.6 is 23.4 Å². The normalized spacial score (nSPS) is 17.4. The molecule has 0 aliphatic carbocycles. The Hall–Kier alpha value is -3.24. The molecular formula is C18H12ClN5O4S. The molecule has 146 valence electrons. The summed E-state index contributed by atoms with van der Waals surface area (Å²) in [5, 5.41) is 26.1. The first-order chi connectivity index (χ1) is 13.9. The highest BCUT2D eigenvalue weighted by atomic mass is 35.5. The van der Waals surface area contributed by atoms with Crippen molar-refractivity contribution in [3.63, 3.8) is 0 Å². The first-order valence-corrected chi connectivity index (χ1v) is 9.60. The van der Waals surface area contributed by atoms with Crippen molar-refractivity contribution in [2.75, 3.05) is 0 Å². The van der Waals surface area contributed by atoms with Crippen LogP contribution in [0.3, 0.4) is 0 Å². The summed E-state index contributed by atoms with van der Waals surface area (Å²) in [6, 6.07) is 7.29. The number of hydrogen-bond donors (Lipinski definition) is 1. The Labute approximate surface area is 173 Å². The zero-order valence-electron chi connectivity index (χ0n) is 14.9. The third kappa shape index (κ3) is 3.47. The van der Waals surface area contributed by atoms with Crippen LogP contribution < -0.4 is 0 Å². The number of hydrogen-bond acceptors (Lipinski definition) is 7. The molecule has 29 heavy (non-hydrogen) atoms. The van der Waals surface area contributed by atoms with Crippen LogP contribution in [0.2, 0.25) is 5.02 Å². The van der Waals surface area contributed by atoms with Gasteiger partial charge in [-0.1, -0.05) is 18.5 Å². The minimum Gasteiger partial charge on any atom is -0.457 e. The highest BCUT2D eigenvalue weighted by Crippen LogP contribution is 2.33. The number of halogens is 1. The van der Waals surface area contributed by atoms with E-state index in [1.807, 2.05) is 6.92 Å². The fourth-order valence-electron chi connectivity index (χ4n) is 2.71. The van der Waals surface area contributed by atoms with Crippen LogP contribution in [0, 0.1) is 15.5 Å². The Bertz CT molecular complexity index is 1170. The van der Waals surface area contributed by atoms with Crippen LogP contribution in [0.5, 0.6) is 0 Å². The molecule has 0 saturated heterocycles. The first-order valence-electron chi connectivity index (χ1n) is 8.40. The minimum atomic E-state index is -0.548. The molecule has 0 radical (unpaired) electrons. The summed E-state index contributed by atoms with van der Waals surface area (Å²) in [6.07, 6.45) is 2.09. The van der Waals surface area contributed by atoms with Gasteiger partial charge in [-0.15, -0.1) is 0 Å². The van der Waals surface area contributed by atoms with Crippen molar-refractivity contribution in [2.24, 2.45) is 10.1 Å². The molecule has 0 unspecified atom stereocenters. The molecule has 1 N–H and O–H groups in total. The average molecular weight is 430 g/mol. The lowest BCUT2D eigenvalue weighted by atomic mass is 10.1. The van der Waals surface area contributed by atoms with Gasteiger partial charge in [0.2, 0.25) is 5.17 Å². The van der Waals surface area contributed by atoms with E-state index >= 15 is 0 Å². The predicted molar refractivity (Wildman–Crippen MR) is 111 cm³/mol. The quantitative estimate of drug-likeness (QED) is 0.432. The van der Waals surface area contributed by atoms with E-state index in [-0.39, 0.29) is 22.1 Å². The van der Waals surface area contributed by atoms with Crippen LogP contribution in [0.1, 0.15) is 19.1 Å². The Kier molecular flexibility index (Phi) is 4.81. The lowest BCUT2D eigenvalue weighted by Crippen LogP contribution is -2.35. The fourth-order valence-corrected chi connectivity index (χ4v) is 3.80. The van der Waals surface area contributed by atoms with Gasteiger partial charge in [-0.05, 0) is 42.5 Å². The molecule has 0 bridgehead atoms. The molecule has 0 fully saturated rings. The number of non-ortho nitro benzene ring substituents is 1. The van der Waals surface area contributed by atoms with Gasteiger partial charge in [0.15, 0.2) is 5.84 Å². The number of hydrazone groups is 1.